The molecule has 5 rings (SSSR count). The number of methoxy groups -OCH3 is 1. The molecule has 1 saturated heterocycles. The number of benzene rings is 3. The van der Waals surface area contributed by atoms with Crippen molar-refractivity contribution in [3.63, 3.8) is 0 Å². The first kappa shape index (κ1) is 22.2. The Labute approximate surface area is 202 Å². The van der Waals surface area contributed by atoms with Crippen LogP contribution in [0, 0.1) is 0 Å². The Bertz CT molecular complexity index is 1150. The summed E-state index contributed by atoms with van der Waals surface area (Å²) in [4.78, 5) is 2.48. The fourth-order valence-electron chi connectivity index (χ4n) is 4.73. The Morgan fingerprint density at radius 1 is 0.765 bits per heavy atom. The van der Waals surface area contributed by atoms with Crippen LogP contribution in [0.25, 0.3) is 5.57 Å². The third-order valence-electron chi connectivity index (χ3n) is 6.54. The van der Waals surface area contributed by atoms with Crippen LogP contribution >= 0.6 is 0 Å². The summed E-state index contributed by atoms with van der Waals surface area (Å²) < 4.78 is 11.8. The number of piperidine rings is 1. The highest BCUT2D eigenvalue weighted by atomic mass is 16.5. The van der Waals surface area contributed by atoms with Gasteiger partial charge in [0.05, 0.1) is 0 Å². The Hall–Kier alpha value is -3.56. The van der Waals surface area contributed by atoms with Crippen LogP contribution in [0.3, 0.4) is 0 Å². The lowest BCUT2D eigenvalue weighted by Gasteiger charge is -2.29. The van der Waals surface area contributed by atoms with E-state index in [1.807, 2.05) is 36.4 Å². The average molecular weight is 450 g/mol. The summed E-state index contributed by atoms with van der Waals surface area (Å²) in [5, 5.41) is 0. The number of fused-ring (bicyclic) bond motifs is 2. The van der Waals surface area contributed by atoms with E-state index in [0.717, 1.165) is 35.7 Å². The van der Waals surface area contributed by atoms with Crippen LogP contribution < -0.4 is 9.64 Å². The fourth-order valence-corrected chi connectivity index (χ4v) is 4.73. The molecule has 2 aliphatic heterocycles. The summed E-state index contributed by atoms with van der Waals surface area (Å²) in [5.74, 6) is 1.78. The minimum absolute atomic E-state index is 0.0720. The second-order valence-corrected chi connectivity index (χ2v) is 8.74. The minimum atomic E-state index is -0.0720. The van der Waals surface area contributed by atoms with E-state index in [-0.39, 0.29) is 6.10 Å². The molecule has 3 heteroatoms. The van der Waals surface area contributed by atoms with Crippen molar-refractivity contribution in [1.29, 1.82) is 0 Å². The molecule has 1 atom stereocenters. The fraction of sp³-hybridized carbons (Fsp3) is 0.226. The van der Waals surface area contributed by atoms with Crippen molar-refractivity contribution in [2.45, 2.75) is 25.4 Å². The zero-order chi connectivity index (χ0) is 23.2. The molecule has 1 fully saturated rings. The second-order valence-electron chi connectivity index (χ2n) is 8.74. The molecule has 0 aliphatic carbocycles. The Kier molecular flexibility index (Phi) is 6.92. The van der Waals surface area contributed by atoms with Gasteiger partial charge in [-0.1, -0.05) is 78.9 Å². The molecule has 0 aromatic heterocycles. The lowest BCUT2D eigenvalue weighted by Crippen LogP contribution is -2.29. The molecule has 0 spiro atoms. The van der Waals surface area contributed by atoms with Gasteiger partial charge in [0.1, 0.15) is 17.6 Å². The topological polar surface area (TPSA) is 21.7 Å². The molecule has 0 N–H and O–H groups in total. The summed E-state index contributed by atoms with van der Waals surface area (Å²) in [6, 6.07) is 25.2. The number of anilines is 1. The first-order valence-electron chi connectivity index (χ1n) is 12.1. The van der Waals surface area contributed by atoms with Gasteiger partial charge in [-0.05, 0) is 54.7 Å². The maximum Gasteiger partial charge on any atom is 0.135 e. The van der Waals surface area contributed by atoms with Gasteiger partial charge in [0.2, 0.25) is 0 Å². The standard InChI is InChI=1S/C31H31NO2/c1-33-29(24-18-20-25(21-19-24)32-22-10-3-11-23-32)15-5-2-4-12-26-27-13-6-8-16-30(27)34-31-17-9-7-14-28(26)31/h2,4-9,12-21,29H,3,10-11,22-23H2,1H3. The molecule has 0 radical (unpaired) electrons. The molecule has 0 bridgehead atoms. The maximum absolute atomic E-state index is 6.08. The van der Waals surface area contributed by atoms with E-state index in [9.17, 15) is 0 Å². The number of ether oxygens (including phenoxy) is 2. The molecule has 1 unspecified atom stereocenters. The summed E-state index contributed by atoms with van der Waals surface area (Å²) in [5.41, 5.74) is 5.86. The summed E-state index contributed by atoms with van der Waals surface area (Å²) in [6.45, 7) is 2.32. The van der Waals surface area contributed by atoms with E-state index in [1.165, 1.54) is 36.1 Å². The van der Waals surface area contributed by atoms with E-state index < -0.39 is 0 Å². The van der Waals surface area contributed by atoms with Gasteiger partial charge in [-0.25, -0.2) is 0 Å². The molecule has 34 heavy (non-hydrogen) atoms. The molecule has 2 heterocycles. The highest BCUT2D eigenvalue weighted by Crippen LogP contribution is 2.43. The minimum Gasteiger partial charge on any atom is -0.456 e. The molecular formula is C31H31NO2. The van der Waals surface area contributed by atoms with Crippen molar-refractivity contribution < 1.29 is 9.47 Å². The highest BCUT2D eigenvalue weighted by molar-refractivity contribution is 5.88. The molecule has 3 aromatic rings. The van der Waals surface area contributed by atoms with Crippen molar-refractivity contribution in [2.75, 3.05) is 25.1 Å². The van der Waals surface area contributed by atoms with Crippen LogP contribution in [-0.2, 0) is 4.74 Å². The summed E-state index contributed by atoms with van der Waals surface area (Å²) in [7, 11) is 1.76. The number of nitrogens with zero attached hydrogens (tertiary/aromatic N) is 1. The lowest BCUT2D eigenvalue weighted by molar-refractivity contribution is 0.143. The van der Waals surface area contributed by atoms with Gasteiger partial charge in [-0.15, -0.1) is 0 Å². The predicted octanol–water partition coefficient (Wildman–Crippen LogP) is 7.71. The van der Waals surface area contributed by atoms with Crippen LogP contribution in [0.1, 0.15) is 42.1 Å². The van der Waals surface area contributed by atoms with Gasteiger partial charge < -0.3 is 14.4 Å². The van der Waals surface area contributed by atoms with Crippen LogP contribution in [0.2, 0.25) is 0 Å². The predicted molar refractivity (Wildman–Crippen MR) is 141 cm³/mol. The van der Waals surface area contributed by atoms with Crippen molar-refractivity contribution >= 4 is 11.3 Å². The normalized spacial score (nSPS) is 16.3. The van der Waals surface area contributed by atoms with Crippen molar-refractivity contribution in [2.24, 2.45) is 0 Å². The lowest BCUT2D eigenvalue weighted by atomic mass is 9.93. The maximum atomic E-state index is 6.08. The molecule has 0 amide bonds. The van der Waals surface area contributed by atoms with Crippen LogP contribution in [0.15, 0.2) is 103 Å². The van der Waals surface area contributed by atoms with Crippen LogP contribution in [0.4, 0.5) is 5.69 Å². The number of para-hydroxylation sites is 2. The van der Waals surface area contributed by atoms with E-state index in [2.05, 4.69) is 71.7 Å². The van der Waals surface area contributed by atoms with E-state index in [4.69, 9.17) is 9.47 Å². The molecule has 3 nitrogen and oxygen atoms in total. The number of allylic oxidation sites excluding steroid dienone is 4. The van der Waals surface area contributed by atoms with Gasteiger partial charge in [0.15, 0.2) is 0 Å². The van der Waals surface area contributed by atoms with Crippen molar-refractivity contribution in [3.05, 3.63) is 120 Å². The largest absolute Gasteiger partial charge is 0.456 e. The van der Waals surface area contributed by atoms with E-state index in [0.29, 0.717) is 0 Å². The number of hydrogen-bond acceptors (Lipinski definition) is 3. The monoisotopic (exact) mass is 449 g/mol. The van der Waals surface area contributed by atoms with E-state index >= 15 is 0 Å². The van der Waals surface area contributed by atoms with Gasteiger partial charge in [-0.3, -0.25) is 0 Å². The van der Waals surface area contributed by atoms with Gasteiger partial charge >= 0.3 is 0 Å². The van der Waals surface area contributed by atoms with E-state index in [1.54, 1.807) is 7.11 Å². The van der Waals surface area contributed by atoms with Crippen molar-refractivity contribution in [3.8, 4) is 11.5 Å². The molecular weight excluding hydrogens is 418 g/mol. The summed E-state index contributed by atoms with van der Waals surface area (Å²) >= 11 is 0. The first-order valence-corrected chi connectivity index (χ1v) is 12.1. The quantitative estimate of drug-likeness (QED) is 0.281. The zero-order valence-electron chi connectivity index (χ0n) is 19.7. The molecule has 0 saturated carbocycles. The van der Waals surface area contributed by atoms with Crippen molar-refractivity contribution in [1.82, 2.24) is 0 Å². The third-order valence-corrected chi connectivity index (χ3v) is 6.54. The second kappa shape index (κ2) is 10.6. The number of rotatable bonds is 6. The first-order chi connectivity index (χ1) is 16.8. The Morgan fingerprint density at radius 2 is 1.41 bits per heavy atom. The number of hydrogen-bond donors (Lipinski definition) is 0. The summed E-state index contributed by atoms with van der Waals surface area (Å²) in [6.07, 6.45) is 14.3. The Balaban J connectivity index is 1.30. The molecule has 2 aliphatic rings. The smallest absolute Gasteiger partial charge is 0.135 e. The van der Waals surface area contributed by atoms with Gasteiger partial charge in [0, 0.05) is 37.0 Å². The SMILES string of the molecule is COC(C=CC=CC=C1c2ccccc2Oc2ccccc21)c1ccc(N2CCCCC2)cc1. The van der Waals surface area contributed by atoms with Crippen LogP contribution in [0.5, 0.6) is 11.5 Å². The average Bonchev–Trinajstić information content (AvgIpc) is 2.91. The highest BCUT2D eigenvalue weighted by Gasteiger charge is 2.20. The van der Waals surface area contributed by atoms with Gasteiger partial charge in [0.25, 0.3) is 0 Å². The third kappa shape index (κ3) is 4.85. The Morgan fingerprint density at radius 3 is 2.06 bits per heavy atom. The van der Waals surface area contributed by atoms with Gasteiger partial charge in [-0.2, -0.15) is 0 Å². The molecule has 3 aromatic carbocycles. The van der Waals surface area contributed by atoms with Crippen LogP contribution in [-0.4, -0.2) is 20.2 Å². The zero-order valence-corrected chi connectivity index (χ0v) is 19.7. The molecule has 172 valence electrons.